The largest absolute Gasteiger partial charge is 0.454 e. The van der Waals surface area contributed by atoms with E-state index in [1.807, 2.05) is 18.2 Å². The third-order valence-corrected chi connectivity index (χ3v) is 10.7. The first-order chi connectivity index (χ1) is 13.2. The van der Waals surface area contributed by atoms with Crippen molar-refractivity contribution in [3.63, 3.8) is 0 Å². The van der Waals surface area contributed by atoms with Gasteiger partial charge in [0, 0.05) is 17.8 Å². The van der Waals surface area contributed by atoms with E-state index in [1.165, 1.54) is 12.8 Å². The molecule has 0 saturated carbocycles. The third kappa shape index (κ3) is 5.80. The summed E-state index contributed by atoms with van der Waals surface area (Å²) in [6.45, 7) is 14.2. The van der Waals surface area contributed by atoms with Crippen molar-refractivity contribution < 1.29 is 14.0 Å². The van der Waals surface area contributed by atoms with Crippen LogP contribution < -0.4 is 0 Å². The zero-order valence-electron chi connectivity index (χ0n) is 18.6. The van der Waals surface area contributed by atoms with Crippen LogP contribution in [-0.2, 0) is 14.0 Å². The molecule has 0 spiro atoms. The van der Waals surface area contributed by atoms with Crippen molar-refractivity contribution in [3.8, 4) is 0 Å². The maximum atomic E-state index is 12.6. The molecule has 0 bridgehead atoms. The molecule has 0 radical (unpaired) electrons. The Kier molecular flexibility index (Phi) is 8.08. The summed E-state index contributed by atoms with van der Waals surface area (Å²) in [5, 5.41) is 0.206. The van der Waals surface area contributed by atoms with E-state index in [2.05, 4.69) is 52.9 Å². The van der Waals surface area contributed by atoms with Gasteiger partial charge >= 0.3 is 5.97 Å². The van der Waals surface area contributed by atoms with Gasteiger partial charge in [0.15, 0.2) is 8.32 Å². The van der Waals surface area contributed by atoms with Crippen LogP contribution in [0, 0.1) is 0 Å². The van der Waals surface area contributed by atoms with E-state index in [-0.39, 0.29) is 17.1 Å². The van der Waals surface area contributed by atoms with E-state index in [4.69, 9.17) is 9.16 Å². The molecular formula is C24H38O3Si. The molecule has 156 valence electrons. The molecule has 4 heteroatoms. The summed E-state index contributed by atoms with van der Waals surface area (Å²) >= 11 is 0. The lowest BCUT2D eigenvalue weighted by molar-refractivity contribution is -0.139. The predicted octanol–water partition coefficient (Wildman–Crippen LogP) is 6.75. The summed E-state index contributed by atoms with van der Waals surface area (Å²) in [5.74, 6) is -0.132. The Morgan fingerprint density at radius 2 is 1.75 bits per heavy atom. The maximum Gasteiger partial charge on any atom is 0.335 e. The molecule has 0 fully saturated rings. The van der Waals surface area contributed by atoms with Crippen LogP contribution in [0.1, 0.15) is 71.8 Å². The number of benzene rings is 1. The van der Waals surface area contributed by atoms with Gasteiger partial charge in [0.2, 0.25) is 0 Å². The average molecular weight is 403 g/mol. The quantitative estimate of drug-likeness (QED) is 0.247. The summed E-state index contributed by atoms with van der Waals surface area (Å²) in [6.07, 6.45) is 5.82. The van der Waals surface area contributed by atoms with Gasteiger partial charge in [0.25, 0.3) is 0 Å². The molecule has 1 atom stereocenters. The topological polar surface area (TPSA) is 35.5 Å². The van der Waals surface area contributed by atoms with Gasteiger partial charge in [-0.2, -0.15) is 0 Å². The van der Waals surface area contributed by atoms with Gasteiger partial charge in [-0.25, -0.2) is 4.79 Å². The number of rotatable bonds is 10. The van der Waals surface area contributed by atoms with E-state index in [0.29, 0.717) is 6.61 Å². The number of carbonyl (C=O) groups is 1. The lowest BCUT2D eigenvalue weighted by atomic mass is 9.92. The van der Waals surface area contributed by atoms with Crippen LogP contribution in [-0.4, -0.2) is 27.0 Å². The first-order valence-electron chi connectivity index (χ1n) is 10.8. The summed E-state index contributed by atoms with van der Waals surface area (Å²) in [4.78, 5) is 12.6. The Hall–Kier alpha value is -1.39. The lowest BCUT2D eigenvalue weighted by Crippen LogP contribution is -2.40. The number of unbranched alkanes of at least 4 members (excludes halogenated alkanes) is 2. The molecule has 0 saturated heterocycles. The molecule has 1 aromatic carbocycles. The molecule has 1 unspecified atom stereocenters. The number of cyclic esters (lactones) is 1. The fourth-order valence-corrected chi connectivity index (χ4v) is 4.44. The van der Waals surface area contributed by atoms with E-state index in [0.717, 1.165) is 42.4 Å². The van der Waals surface area contributed by atoms with E-state index >= 15 is 0 Å². The molecule has 0 aliphatic carbocycles. The van der Waals surface area contributed by atoms with Crippen LogP contribution in [0.25, 0.3) is 5.57 Å². The fraction of sp³-hybridized carbons (Fsp3) is 0.625. The first kappa shape index (κ1) is 22.9. The number of hydrogen-bond donors (Lipinski definition) is 0. The third-order valence-electron chi connectivity index (χ3n) is 6.14. The number of ether oxygens (including phenoxy) is 1. The molecule has 0 N–H and O–H groups in total. The van der Waals surface area contributed by atoms with Crippen LogP contribution in [0.5, 0.6) is 0 Å². The van der Waals surface area contributed by atoms with Gasteiger partial charge in [-0.3, -0.25) is 0 Å². The zero-order chi connectivity index (χ0) is 20.8. The van der Waals surface area contributed by atoms with Gasteiger partial charge < -0.3 is 9.16 Å². The van der Waals surface area contributed by atoms with Crippen molar-refractivity contribution in [2.75, 3.05) is 6.61 Å². The monoisotopic (exact) mass is 402 g/mol. The van der Waals surface area contributed by atoms with E-state index in [9.17, 15) is 4.79 Å². The highest BCUT2D eigenvalue weighted by atomic mass is 28.4. The zero-order valence-corrected chi connectivity index (χ0v) is 19.6. The standard InChI is InChI=1S/C24H38O3Si/c1-7-8-10-17-21-22(19-14-11-9-12-15-19)20(23(25)27-21)16-13-18-26-28(5,6)24(2,3)4/h9,11-12,14-15,21H,7-8,10,13,16-18H2,1-6H3. The molecule has 1 heterocycles. The predicted molar refractivity (Wildman–Crippen MR) is 120 cm³/mol. The Balaban J connectivity index is 2.10. The molecule has 1 aromatic rings. The van der Waals surface area contributed by atoms with E-state index in [1.54, 1.807) is 0 Å². The van der Waals surface area contributed by atoms with Gasteiger partial charge in [0.1, 0.15) is 6.10 Å². The molecule has 0 aromatic heterocycles. The molecular weight excluding hydrogens is 364 g/mol. The van der Waals surface area contributed by atoms with Crippen LogP contribution >= 0.6 is 0 Å². The fourth-order valence-electron chi connectivity index (χ4n) is 3.35. The van der Waals surface area contributed by atoms with Crippen molar-refractivity contribution in [2.24, 2.45) is 0 Å². The Labute approximate surface area is 172 Å². The second kappa shape index (κ2) is 9.88. The molecule has 1 aliphatic rings. The van der Waals surface area contributed by atoms with Crippen molar-refractivity contribution >= 4 is 19.9 Å². The van der Waals surface area contributed by atoms with Crippen LogP contribution in [0.3, 0.4) is 0 Å². The SMILES string of the molecule is CCCCCC1OC(=O)C(CCCO[Si](C)(C)C(C)(C)C)=C1c1ccccc1. The number of esters is 1. The van der Waals surface area contributed by atoms with Crippen LogP contribution in [0.2, 0.25) is 18.1 Å². The first-order valence-corrected chi connectivity index (χ1v) is 13.7. The summed E-state index contributed by atoms with van der Waals surface area (Å²) in [7, 11) is -1.75. The normalized spacial score (nSPS) is 17.9. The average Bonchev–Trinajstić information content (AvgIpc) is 2.94. The number of hydrogen-bond acceptors (Lipinski definition) is 3. The molecule has 0 amide bonds. The smallest absolute Gasteiger partial charge is 0.335 e. The highest BCUT2D eigenvalue weighted by Crippen LogP contribution is 2.38. The van der Waals surface area contributed by atoms with Crippen LogP contribution in [0.15, 0.2) is 35.9 Å². The highest BCUT2D eigenvalue weighted by Gasteiger charge is 2.37. The molecule has 28 heavy (non-hydrogen) atoms. The van der Waals surface area contributed by atoms with Gasteiger partial charge in [-0.05, 0) is 49.4 Å². The number of carbonyl (C=O) groups excluding carboxylic acids is 1. The van der Waals surface area contributed by atoms with Gasteiger partial charge in [-0.1, -0.05) is 70.9 Å². The highest BCUT2D eigenvalue weighted by molar-refractivity contribution is 6.74. The van der Waals surface area contributed by atoms with Gasteiger partial charge in [0.05, 0.1) is 0 Å². The van der Waals surface area contributed by atoms with Gasteiger partial charge in [-0.15, -0.1) is 0 Å². The van der Waals surface area contributed by atoms with Crippen molar-refractivity contribution in [1.29, 1.82) is 0 Å². The lowest BCUT2D eigenvalue weighted by Gasteiger charge is -2.36. The maximum absolute atomic E-state index is 12.6. The molecule has 3 nitrogen and oxygen atoms in total. The van der Waals surface area contributed by atoms with Crippen LogP contribution in [0.4, 0.5) is 0 Å². The molecule has 1 aliphatic heterocycles. The Morgan fingerprint density at radius 1 is 1.07 bits per heavy atom. The van der Waals surface area contributed by atoms with E-state index < -0.39 is 8.32 Å². The van der Waals surface area contributed by atoms with Crippen molar-refractivity contribution in [1.82, 2.24) is 0 Å². The summed E-state index contributed by atoms with van der Waals surface area (Å²) in [5.41, 5.74) is 3.08. The molecule has 2 rings (SSSR count). The minimum atomic E-state index is -1.75. The Morgan fingerprint density at radius 3 is 2.36 bits per heavy atom. The minimum Gasteiger partial charge on any atom is -0.454 e. The second-order valence-electron chi connectivity index (χ2n) is 9.36. The van der Waals surface area contributed by atoms with Crippen molar-refractivity contribution in [3.05, 3.63) is 41.5 Å². The summed E-state index contributed by atoms with van der Waals surface area (Å²) < 4.78 is 12.1. The Bertz CT molecular complexity index is 671. The second-order valence-corrected chi connectivity index (χ2v) is 14.2. The van der Waals surface area contributed by atoms with Crippen molar-refractivity contribution in [2.45, 2.75) is 90.5 Å². The summed E-state index contributed by atoms with van der Waals surface area (Å²) in [6, 6.07) is 10.3. The minimum absolute atomic E-state index is 0.0993.